The molecule has 0 N–H and O–H groups in total. The number of rotatable bonds is 1. The summed E-state index contributed by atoms with van der Waals surface area (Å²) in [5.41, 5.74) is 4.44. The molecule has 1 aromatic rings. The maximum atomic E-state index is 12.4. The molecule has 2 nitrogen and oxygen atoms in total. The van der Waals surface area contributed by atoms with Gasteiger partial charge in [0.05, 0.1) is 7.11 Å². The van der Waals surface area contributed by atoms with Crippen LogP contribution in [0, 0.1) is 24.2 Å². The molecule has 2 heteroatoms. The van der Waals surface area contributed by atoms with Crippen molar-refractivity contribution >= 4 is 5.78 Å². The highest BCUT2D eigenvalue weighted by Gasteiger charge is 2.54. The van der Waals surface area contributed by atoms with Crippen molar-refractivity contribution in [1.29, 1.82) is 0 Å². The molecule has 22 heavy (non-hydrogen) atoms. The van der Waals surface area contributed by atoms with E-state index in [0.29, 0.717) is 23.5 Å². The zero-order chi connectivity index (χ0) is 15.5. The Morgan fingerprint density at radius 1 is 1.18 bits per heavy atom. The number of Topliss-reactive ketones (excluding diaryl/α,β-unsaturated/α-hetero) is 1. The highest BCUT2D eigenvalue weighted by Crippen LogP contribution is 2.60. The molecule has 0 aromatic heterocycles. The van der Waals surface area contributed by atoms with Gasteiger partial charge in [0.1, 0.15) is 11.5 Å². The second-order valence-electron chi connectivity index (χ2n) is 7.85. The lowest BCUT2D eigenvalue weighted by Gasteiger charge is -2.48. The first kappa shape index (κ1) is 14.3. The molecular formula is C20H26O2. The summed E-state index contributed by atoms with van der Waals surface area (Å²) in [5, 5.41) is 0. The van der Waals surface area contributed by atoms with Crippen LogP contribution in [-0.4, -0.2) is 12.9 Å². The SMILES string of the molecule is COc1cc(C)c2c(c1)CCC1C2CCC2(C)C(=O)CCC12. The monoisotopic (exact) mass is 298 g/mol. The predicted octanol–water partition coefficient (Wildman–Crippen LogP) is 4.43. The number of ether oxygens (including phenoxy) is 1. The minimum Gasteiger partial charge on any atom is -0.497 e. The van der Waals surface area contributed by atoms with E-state index in [2.05, 4.69) is 26.0 Å². The number of hydrogen-bond donors (Lipinski definition) is 0. The largest absolute Gasteiger partial charge is 0.497 e. The maximum Gasteiger partial charge on any atom is 0.139 e. The molecule has 3 aliphatic carbocycles. The Morgan fingerprint density at radius 3 is 2.77 bits per heavy atom. The Morgan fingerprint density at radius 2 is 2.00 bits per heavy atom. The molecule has 0 spiro atoms. The van der Waals surface area contributed by atoms with Gasteiger partial charge in [0.2, 0.25) is 0 Å². The first-order valence-electron chi connectivity index (χ1n) is 8.75. The molecule has 0 aliphatic heterocycles. The average molecular weight is 298 g/mol. The summed E-state index contributed by atoms with van der Waals surface area (Å²) in [7, 11) is 1.75. The number of fused-ring (bicyclic) bond motifs is 5. The lowest BCUT2D eigenvalue weighted by molar-refractivity contribution is -0.129. The summed E-state index contributed by atoms with van der Waals surface area (Å²) in [6, 6.07) is 4.43. The summed E-state index contributed by atoms with van der Waals surface area (Å²) in [6.07, 6.45) is 6.61. The van der Waals surface area contributed by atoms with E-state index in [0.717, 1.165) is 31.4 Å². The van der Waals surface area contributed by atoms with Crippen molar-refractivity contribution in [3.63, 3.8) is 0 Å². The number of benzene rings is 1. The van der Waals surface area contributed by atoms with E-state index in [-0.39, 0.29) is 5.41 Å². The Hall–Kier alpha value is -1.31. The summed E-state index contributed by atoms with van der Waals surface area (Å²) >= 11 is 0. The van der Waals surface area contributed by atoms with Crippen LogP contribution in [0.2, 0.25) is 0 Å². The van der Waals surface area contributed by atoms with Crippen LogP contribution in [0.25, 0.3) is 0 Å². The van der Waals surface area contributed by atoms with Crippen LogP contribution in [0.3, 0.4) is 0 Å². The number of hydrogen-bond acceptors (Lipinski definition) is 2. The van der Waals surface area contributed by atoms with Crippen molar-refractivity contribution < 1.29 is 9.53 Å². The third-order valence-electron chi connectivity index (χ3n) is 6.95. The molecule has 118 valence electrons. The van der Waals surface area contributed by atoms with Crippen LogP contribution in [0.1, 0.15) is 61.6 Å². The molecule has 2 saturated carbocycles. The molecule has 0 bridgehead atoms. The van der Waals surface area contributed by atoms with Gasteiger partial charge < -0.3 is 4.74 Å². The number of aryl methyl sites for hydroxylation is 2. The Kier molecular flexibility index (Phi) is 3.15. The van der Waals surface area contributed by atoms with E-state index in [4.69, 9.17) is 4.74 Å². The van der Waals surface area contributed by atoms with Crippen LogP contribution in [0.15, 0.2) is 12.1 Å². The molecule has 0 saturated heterocycles. The zero-order valence-electron chi connectivity index (χ0n) is 13.9. The van der Waals surface area contributed by atoms with E-state index in [1.165, 1.54) is 24.0 Å². The fourth-order valence-electron chi connectivity index (χ4n) is 5.83. The van der Waals surface area contributed by atoms with Crippen molar-refractivity contribution in [3.8, 4) is 5.75 Å². The van der Waals surface area contributed by atoms with Gasteiger partial charge >= 0.3 is 0 Å². The van der Waals surface area contributed by atoms with Gasteiger partial charge in [0.15, 0.2) is 0 Å². The molecule has 2 fully saturated rings. The minimum absolute atomic E-state index is 0.0148. The van der Waals surface area contributed by atoms with Crippen molar-refractivity contribution in [2.45, 2.75) is 58.3 Å². The second-order valence-corrected chi connectivity index (χ2v) is 7.85. The Balaban J connectivity index is 1.75. The van der Waals surface area contributed by atoms with Gasteiger partial charge in [-0.1, -0.05) is 6.92 Å². The van der Waals surface area contributed by atoms with E-state index < -0.39 is 0 Å². The molecule has 0 radical (unpaired) electrons. The topological polar surface area (TPSA) is 26.3 Å². The molecule has 4 unspecified atom stereocenters. The average Bonchev–Trinajstić information content (AvgIpc) is 2.82. The van der Waals surface area contributed by atoms with Crippen LogP contribution in [0.4, 0.5) is 0 Å². The third-order valence-corrected chi connectivity index (χ3v) is 6.95. The molecule has 0 amide bonds. The minimum atomic E-state index is -0.0148. The van der Waals surface area contributed by atoms with Crippen molar-refractivity contribution in [2.24, 2.45) is 17.3 Å². The van der Waals surface area contributed by atoms with Gasteiger partial charge in [0.25, 0.3) is 0 Å². The molecule has 0 heterocycles. The van der Waals surface area contributed by atoms with Crippen LogP contribution >= 0.6 is 0 Å². The van der Waals surface area contributed by atoms with E-state index >= 15 is 0 Å². The third kappa shape index (κ3) is 1.82. The van der Waals surface area contributed by atoms with Crippen LogP contribution < -0.4 is 4.74 Å². The summed E-state index contributed by atoms with van der Waals surface area (Å²) in [5.74, 6) is 3.52. The fraction of sp³-hybridized carbons (Fsp3) is 0.650. The van der Waals surface area contributed by atoms with Crippen LogP contribution in [0.5, 0.6) is 5.75 Å². The highest BCUT2D eigenvalue weighted by atomic mass is 16.5. The number of carbonyl (C=O) groups is 1. The lowest BCUT2D eigenvalue weighted by Crippen LogP contribution is -2.42. The smallest absolute Gasteiger partial charge is 0.139 e. The van der Waals surface area contributed by atoms with Gasteiger partial charge in [-0.2, -0.15) is 0 Å². The number of carbonyl (C=O) groups excluding carboxylic acids is 1. The van der Waals surface area contributed by atoms with Crippen molar-refractivity contribution in [3.05, 3.63) is 28.8 Å². The molecule has 1 aromatic carbocycles. The van der Waals surface area contributed by atoms with Gasteiger partial charge in [-0.05, 0) is 85.6 Å². The normalized spacial score (nSPS) is 36.5. The quantitative estimate of drug-likeness (QED) is 0.766. The maximum absolute atomic E-state index is 12.4. The van der Waals surface area contributed by atoms with Gasteiger partial charge in [0, 0.05) is 11.8 Å². The van der Waals surface area contributed by atoms with Gasteiger partial charge in [-0.15, -0.1) is 0 Å². The summed E-state index contributed by atoms with van der Waals surface area (Å²) in [6.45, 7) is 4.48. The first-order valence-corrected chi connectivity index (χ1v) is 8.75. The Bertz CT molecular complexity index is 633. The van der Waals surface area contributed by atoms with Crippen molar-refractivity contribution in [1.82, 2.24) is 0 Å². The lowest BCUT2D eigenvalue weighted by atomic mass is 9.55. The number of ketones is 1. The van der Waals surface area contributed by atoms with Crippen LogP contribution in [-0.2, 0) is 11.2 Å². The molecule has 4 rings (SSSR count). The van der Waals surface area contributed by atoms with E-state index in [1.54, 1.807) is 12.7 Å². The fourth-order valence-corrected chi connectivity index (χ4v) is 5.83. The van der Waals surface area contributed by atoms with Crippen molar-refractivity contribution in [2.75, 3.05) is 7.11 Å². The standard InChI is InChI=1S/C20H26O2/c1-12-10-14(22-3)11-13-4-5-15-16(19(12)13)8-9-20(2)17(15)6-7-18(20)21/h10-11,15-17H,4-9H2,1-3H3. The van der Waals surface area contributed by atoms with E-state index in [1.807, 2.05) is 0 Å². The number of methoxy groups -OCH3 is 1. The second kappa shape index (κ2) is 4.84. The molecule has 3 aliphatic rings. The summed E-state index contributed by atoms with van der Waals surface area (Å²) < 4.78 is 5.45. The Labute approximate surface area is 133 Å². The molecule has 4 atom stereocenters. The molecular weight excluding hydrogens is 272 g/mol. The summed E-state index contributed by atoms with van der Waals surface area (Å²) in [4.78, 5) is 12.4. The van der Waals surface area contributed by atoms with Gasteiger partial charge in [-0.25, -0.2) is 0 Å². The van der Waals surface area contributed by atoms with E-state index in [9.17, 15) is 4.79 Å². The zero-order valence-corrected chi connectivity index (χ0v) is 13.9. The highest BCUT2D eigenvalue weighted by molar-refractivity contribution is 5.87. The predicted molar refractivity (Wildman–Crippen MR) is 87.4 cm³/mol. The van der Waals surface area contributed by atoms with Gasteiger partial charge in [-0.3, -0.25) is 4.79 Å². The first-order chi connectivity index (χ1) is 10.5.